The van der Waals surface area contributed by atoms with Crippen molar-refractivity contribution in [3.05, 3.63) is 0 Å². The van der Waals surface area contributed by atoms with Crippen molar-refractivity contribution in [1.29, 1.82) is 0 Å². The van der Waals surface area contributed by atoms with Crippen LogP contribution < -0.4 is 5.32 Å². The molecule has 1 heterocycles. The fourth-order valence-electron chi connectivity index (χ4n) is 3.39. The van der Waals surface area contributed by atoms with E-state index < -0.39 is 0 Å². The van der Waals surface area contributed by atoms with Crippen LogP contribution in [0.1, 0.15) is 70.6 Å². The zero-order valence-electron chi connectivity index (χ0n) is 12.3. The zero-order chi connectivity index (χ0) is 13.3. The van der Waals surface area contributed by atoms with Gasteiger partial charge in [0, 0.05) is 19.6 Å². The maximum atomic E-state index is 12.0. The van der Waals surface area contributed by atoms with Crippen LogP contribution in [0.25, 0.3) is 0 Å². The SMILES string of the molecule is O=C([N]CCCC1CCCCC1)N1CCCCCC1. The lowest BCUT2D eigenvalue weighted by Crippen LogP contribution is -2.37. The zero-order valence-corrected chi connectivity index (χ0v) is 12.3. The summed E-state index contributed by atoms with van der Waals surface area (Å²) in [6.07, 6.45) is 14.3. The molecule has 109 valence electrons. The van der Waals surface area contributed by atoms with E-state index in [4.69, 9.17) is 0 Å². The lowest BCUT2D eigenvalue weighted by Gasteiger charge is -2.22. The van der Waals surface area contributed by atoms with Gasteiger partial charge in [-0.1, -0.05) is 44.9 Å². The predicted molar refractivity (Wildman–Crippen MR) is 78.2 cm³/mol. The molecule has 3 heteroatoms. The van der Waals surface area contributed by atoms with Crippen molar-refractivity contribution in [2.75, 3.05) is 19.6 Å². The Morgan fingerprint density at radius 2 is 1.58 bits per heavy atom. The molecule has 2 fully saturated rings. The Kier molecular flexibility index (Phi) is 6.52. The van der Waals surface area contributed by atoms with Crippen LogP contribution in [-0.2, 0) is 0 Å². The van der Waals surface area contributed by atoms with E-state index in [1.54, 1.807) is 0 Å². The van der Waals surface area contributed by atoms with Crippen molar-refractivity contribution in [2.45, 2.75) is 70.6 Å². The van der Waals surface area contributed by atoms with Crippen molar-refractivity contribution in [3.8, 4) is 0 Å². The van der Waals surface area contributed by atoms with E-state index in [-0.39, 0.29) is 6.03 Å². The summed E-state index contributed by atoms with van der Waals surface area (Å²) < 4.78 is 0. The number of likely N-dealkylation sites (tertiary alicyclic amines) is 1. The number of amides is 2. The highest BCUT2D eigenvalue weighted by atomic mass is 16.2. The summed E-state index contributed by atoms with van der Waals surface area (Å²) in [6.45, 7) is 2.59. The summed E-state index contributed by atoms with van der Waals surface area (Å²) in [5.41, 5.74) is 0. The van der Waals surface area contributed by atoms with Crippen molar-refractivity contribution in [1.82, 2.24) is 10.2 Å². The molecule has 0 aromatic heterocycles. The van der Waals surface area contributed by atoms with Crippen LogP contribution in [0.5, 0.6) is 0 Å². The monoisotopic (exact) mass is 265 g/mol. The molecular formula is C16H29N2O. The van der Waals surface area contributed by atoms with Gasteiger partial charge in [-0.25, -0.2) is 10.1 Å². The summed E-state index contributed by atoms with van der Waals surface area (Å²) in [5.74, 6) is 0.914. The molecule has 2 rings (SSSR count). The van der Waals surface area contributed by atoms with Gasteiger partial charge in [-0.3, -0.25) is 0 Å². The van der Waals surface area contributed by atoms with Gasteiger partial charge in [-0.05, 0) is 31.6 Å². The molecule has 2 amide bonds. The first-order valence-corrected chi connectivity index (χ1v) is 8.32. The van der Waals surface area contributed by atoms with Gasteiger partial charge in [0.25, 0.3) is 0 Å². The van der Waals surface area contributed by atoms with Crippen LogP contribution in [0.15, 0.2) is 0 Å². The third-order valence-electron chi connectivity index (χ3n) is 4.62. The first-order valence-electron chi connectivity index (χ1n) is 8.32. The second-order valence-corrected chi connectivity index (χ2v) is 6.21. The molecule has 2 aliphatic rings. The fraction of sp³-hybridized carbons (Fsp3) is 0.938. The van der Waals surface area contributed by atoms with Crippen molar-refractivity contribution >= 4 is 6.03 Å². The van der Waals surface area contributed by atoms with Gasteiger partial charge in [0.1, 0.15) is 0 Å². The van der Waals surface area contributed by atoms with Crippen LogP contribution in [0.3, 0.4) is 0 Å². The molecule has 1 saturated heterocycles. The number of carbonyl (C=O) groups is 1. The molecule has 3 nitrogen and oxygen atoms in total. The minimum Gasteiger partial charge on any atom is -0.323 e. The molecule has 1 radical (unpaired) electrons. The van der Waals surface area contributed by atoms with Crippen molar-refractivity contribution in [2.24, 2.45) is 5.92 Å². The predicted octanol–water partition coefficient (Wildman–Crippen LogP) is 3.95. The van der Waals surface area contributed by atoms with Gasteiger partial charge in [0.15, 0.2) is 0 Å². The Bertz CT molecular complexity index is 253. The number of nitrogens with zero attached hydrogens (tertiary/aromatic N) is 2. The highest BCUT2D eigenvalue weighted by Gasteiger charge is 2.17. The Hall–Kier alpha value is -0.730. The number of urea groups is 1. The standard InChI is InChI=1S/C16H29N2O/c19-16(18-13-6-1-2-7-14-18)17-12-8-11-15-9-4-3-5-10-15/h15H,1-14H2. The highest BCUT2D eigenvalue weighted by Crippen LogP contribution is 2.27. The molecular weight excluding hydrogens is 236 g/mol. The molecule has 0 N–H and O–H groups in total. The maximum absolute atomic E-state index is 12.0. The van der Waals surface area contributed by atoms with Gasteiger partial charge in [0.2, 0.25) is 0 Å². The first-order chi connectivity index (χ1) is 9.36. The van der Waals surface area contributed by atoms with Gasteiger partial charge in [-0.15, -0.1) is 0 Å². The summed E-state index contributed by atoms with van der Waals surface area (Å²) in [5, 5.41) is 4.26. The summed E-state index contributed by atoms with van der Waals surface area (Å²) in [7, 11) is 0. The molecule has 0 spiro atoms. The molecule has 1 aliphatic heterocycles. The quantitative estimate of drug-likeness (QED) is 0.709. The van der Waals surface area contributed by atoms with E-state index in [1.165, 1.54) is 51.4 Å². The topological polar surface area (TPSA) is 34.4 Å². The largest absolute Gasteiger partial charge is 0.338 e. The van der Waals surface area contributed by atoms with Crippen LogP contribution in [-0.4, -0.2) is 30.6 Å². The maximum Gasteiger partial charge on any atom is 0.338 e. The van der Waals surface area contributed by atoms with E-state index in [9.17, 15) is 4.79 Å². The minimum absolute atomic E-state index is 0.0468. The lowest BCUT2D eigenvalue weighted by molar-refractivity contribution is 0.198. The number of rotatable bonds is 4. The second-order valence-electron chi connectivity index (χ2n) is 6.21. The molecule has 0 bridgehead atoms. The average Bonchev–Trinajstić information content (AvgIpc) is 2.73. The van der Waals surface area contributed by atoms with E-state index in [1.807, 2.05) is 4.90 Å². The first kappa shape index (κ1) is 14.7. The molecule has 1 saturated carbocycles. The van der Waals surface area contributed by atoms with Crippen LogP contribution in [0, 0.1) is 5.92 Å². The van der Waals surface area contributed by atoms with E-state index in [0.29, 0.717) is 0 Å². The van der Waals surface area contributed by atoms with E-state index >= 15 is 0 Å². The minimum atomic E-state index is 0.0468. The van der Waals surface area contributed by atoms with Gasteiger partial charge in [0.05, 0.1) is 0 Å². The fourth-order valence-corrected chi connectivity index (χ4v) is 3.39. The third-order valence-corrected chi connectivity index (χ3v) is 4.62. The van der Waals surface area contributed by atoms with Crippen LogP contribution >= 0.6 is 0 Å². The van der Waals surface area contributed by atoms with Crippen LogP contribution in [0.2, 0.25) is 0 Å². The highest BCUT2D eigenvalue weighted by molar-refractivity contribution is 5.73. The Labute approximate surface area is 118 Å². The molecule has 0 atom stereocenters. The van der Waals surface area contributed by atoms with Gasteiger partial charge >= 0.3 is 6.03 Å². The molecule has 0 unspecified atom stereocenters. The molecule has 0 aromatic rings. The van der Waals surface area contributed by atoms with Crippen LogP contribution in [0.4, 0.5) is 4.79 Å². The normalized spacial score (nSPS) is 22.0. The van der Waals surface area contributed by atoms with Gasteiger partial charge < -0.3 is 4.90 Å². The molecule has 0 aromatic carbocycles. The van der Waals surface area contributed by atoms with Gasteiger partial charge in [-0.2, -0.15) is 0 Å². The lowest BCUT2D eigenvalue weighted by atomic mass is 9.86. The molecule has 1 aliphatic carbocycles. The Balaban J connectivity index is 1.55. The van der Waals surface area contributed by atoms with Crippen molar-refractivity contribution in [3.63, 3.8) is 0 Å². The third kappa shape index (κ3) is 5.42. The van der Waals surface area contributed by atoms with Crippen molar-refractivity contribution < 1.29 is 4.79 Å². The summed E-state index contributed by atoms with van der Waals surface area (Å²) in [6, 6.07) is 0.0468. The molecule has 19 heavy (non-hydrogen) atoms. The Morgan fingerprint density at radius 3 is 2.26 bits per heavy atom. The number of carbonyl (C=O) groups excluding carboxylic acids is 1. The summed E-state index contributed by atoms with van der Waals surface area (Å²) >= 11 is 0. The van der Waals surface area contributed by atoms with E-state index in [0.717, 1.165) is 44.8 Å². The van der Waals surface area contributed by atoms with E-state index in [2.05, 4.69) is 5.32 Å². The number of hydrogen-bond donors (Lipinski definition) is 0. The summed E-state index contributed by atoms with van der Waals surface area (Å²) in [4.78, 5) is 13.9. The average molecular weight is 265 g/mol. The second kappa shape index (κ2) is 8.44. The Morgan fingerprint density at radius 1 is 0.947 bits per heavy atom. The smallest absolute Gasteiger partial charge is 0.323 e. The number of hydrogen-bond acceptors (Lipinski definition) is 1.